The number of nitrogens with zero attached hydrogens (tertiary/aromatic N) is 2. The molecule has 0 bridgehead atoms. The number of aryl methyl sites for hydroxylation is 1. The van der Waals surface area contributed by atoms with Gasteiger partial charge in [0, 0.05) is 17.9 Å². The zero-order valence-electron chi connectivity index (χ0n) is 21.8. The predicted octanol–water partition coefficient (Wildman–Crippen LogP) is 3.13. The predicted molar refractivity (Wildman–Crippen MR) is 142 cm³/mol. The van der Waals surface area contributed by atoms with E-state index in [-0.39, 0.29) is 19.2 Å². The molecule has 0 spiro atoms. The van der Waals surface area contributed by atoms with Crippen molar-refractivity contribution in [3.8, 4) is 17.4 Å². The molecule has 1 aromatic heterocycles. The fraction of sp³-hybridized carbons (Fsp3) is 0.321. The highest BCUT2D eigenvalue weighted by Crippen LogP contribution is 2.27. The first-order valence-corrected chi connectivity index (χ1v) is 12.4. The molecule has 10 heteroatoms. The molecule has 2 aromatic rings. The third-order valence-electron chi connectivity index (χ3n) is 6.07. The molecule has 0 amide bonds. The van der Waals surface area contributed by atoms with Crippen LogP contribution in [-0.2, 0) is 18.9 Å². The maximum atomic E-state index is 12.0. The van der Waals surface area contributed by atoms with Gasteiger partial charge in [0.15, 0.2) is 0 Å². The molecular formula is C28H31BN2O7. The van der Waals surface area contributed by atoms with Crippen LogP contribution in [0.5, 0.6) is 17.4 Å². The molecule has 1 aliphatic heterocycles. The summed E-state index contributed by atoms with van der Waals surface area (Å²) in [6, 6.07) is 10.6. The number of carbonyl (C=O) groups is 2. The van der Waals surface area contributed by atoms with E-state index >= 15 is 0 Å². The number of carbonyl (C=O) groups excluding carboxylic acids is 2. The molecule has 0 saturated carbocycles. The Hall–Kier alpha value is -4.05. The Morgan fingerprint density at radius 1 is 1.08 bits per heavy atom. The van der Waals surface area contributed by atoms with Crippen LogP contribution in [0.25, 0.3) is 0 Å². The maximum absolute atomic E-state index is 12.0. The van der Waals surface area contributed by atoms with Gasteiger partial charge in [0.05, 0.1) is 25.9 Å². The molecule has 1 saturated heterocycles. The Labute approximate surface area is 222 Å². The Bertz CT molecular complexity index is 1220. The van der Waals surface area contributed by atoms with Crippen LogP contribution < -0.4 is 19.7 Å². The minimum atomic E-state index is -1.08. The molecule has 1 atom stereocenters. The van der Waals surface area contributed by atoms with E-state index in [4.69, 9.17) is 23.5 Å². The highest BCUT2D eigenvalue weighted by atomic mass is 16.6. The van der Waals surface area contributed by atoms with E-state index in [1.54, 1.807) is 49.4 Å². The van der Waals surface area contributed by atoms with Crippen molar-refractivity contribution in [3.05, 3.63) is 78.2 Å². The highest BCUT2D eigenvalue weighted by molar-refractivity contribution is 6.64. The van der Waals surface area contributed by atoms with E-state index in [1.165, 1.54) is 0 Å². The molecule has 198 valence electrons. The van der Waals surface area contributed by atoms with Gasteiger partial charge < -0.3 is 23.5 Å². The van der Waals surface area contributed by atoms with Crippen molar-refractivity contribution in [1.29, 1.82) is 0 Å². The van der Waals surface area contributed by atoms with Gasteiger partial charge in [-0.2, -0.15) is 0 Å². The molecular weight excluding hydrogens is 487 g/mol. The van der Waals surface area contributed by atoms with E-state index in [0.29, 0.717) is 41.4 Å². The number of ether oxygens (including phenoxy) is 3. The molecule has 38 heavy (non-hydrogen) atoms. The summed E-state index contributed by atoms with van der Waals surface area (Å²) in [6.07, 6.45) is 7.90. The monoisotopic (exact) mass is 518 g/mol. The normalized spacial score (nSPS) is 21.3. The van der Waals surface area contributed by atoms with E-state index in [2.05, 4.69) is 11.6 Å². The molecule has 1 fully saturated rings. The first kappa shape index (κ1) is 27.0. The van der Waals surface area contributed by atoms with Crippen LogP contribution in [0.3, 0.4) is 0 Å². The van der Waals surface area contributed by atoms with Crippen molar-refractivity contribution < 1.29 is 33.1 Å². The van der Waals surface area contributed by atoms with Crippen LogP contribution in [0.4, 0.5) is 0 Å². The van der Waals surface area contributed by atoms with Crippen molar-refractivity contribution in [2.45, 2.75) is 32.3 Å². The zero-order chi connectivity index (χ0) is 27.1. The van der Waals surface area contributed by atoms with E-state index in [9.17, 15) is 9.59 Å². The number of pyridine rings is 1. The van der Waals surface area contributed by atoms with Crippen molar-refractivity contribution in [3.63, 3.8) is 0 Å². The number of likely N-dealkylation sites (N-methyl/N-ethyl adjacent to an activating group) is 1. The highest BCUT2D eigenvalue weighted by Gasteiger charge is 2.33. The second-order valence-corrected chi connectivity index (χ2v) is 9.17. The summed E-state index contributed by atoms with van der Waals surface area (Å²) in [7, 11) is 2.15. The van der Waals surface area contributed by atoms with Gasteiger partial charge in [0.25, 0.3) is 0 Å². The van der Waals surface area contributed by atoms with E-state index < -0.39 is 19.1 Å². The lowest BCUT2D eigenvalue weighted by Crippen LogP contribution is -2.47. The zero-order valence-corrected chi connectivity index (χ0v) is 21.8. The fourth-order valence-corrected chi connectivity index (χ4v) is 4.02. The number of aromatic nitrogens is 1. The second kappa shape index (κ2) is 12.5. The number of hydrogen-bond donors (Lipinski definition) is 0. The van der Waals surface area contributed by atoms with Gasteiger partial charge >= 0.3 is 19.1 Å². The van der Waals surface area contributed by atoms with Crippen LogP contribution in [0.1, 0.15) is 25.0 Å². The molecule has 0 radical (unpaired) electrons. The molecule has 0 unspecified atom stereocenters. The van der Waals surface area contributed by atoms with Crippen molar-refractivity contribution in [2.75, 3.05) is 27.2 Å². The molecule has 9 nitrogen and oxygen atoms in total. The Balaban J connectivity index is 1.36. The second-order valence-electron chi connectivity index (χ2n) is 9.17. The first-order valence-electron chi connectivity index (χ1n) is 12.4. The average molecular weight is 518 g/mol. The average Bonchev–Trinajstić information content (AvgIpc) is 2.95. The van der Waals surface area contributed by atoms with Gasteiger partial charge in [0.1, 0.15) is 23.4 Å². The van der Waals surface area contributed by atoms with Crippen molar-refractivity contribution in [2.24, 2.45) is 0 Å². The van der Waals surface area contributed by atoms with E-state index in [1.807, 2.05) is 31.2 Å². The summed E-state index contributed by atoms with van der Waals surface area (Å²) in [6.45, 7) is 6.13. The summed E-state index contributed by atoms with van der Waals surface area (Å²) in [5.41, 5.74) is 2.14. The number of rotatable bonds is 6. The van der Waals surface area contributed by atoms with Crippen LogP contribution in [0.2, 0.25) is 0 Å². The first-order chi connectivity index (χ1) is 18.3. The summed E-state index contributed by atoms with van der Waals surface area (Å²) >= 11 is 0. The van der Waals surface area contributed by atoms with Crippen LogP contribution in [0.15, 0.2) is 72.5 Å². The van der Waals surface area contributed by atoms with E-state index in [0.717, 1.165) is 17.7 Å². The summed E-state index contributed by atoms with van der Waals surface area (Å²) in [5, 5.41) is 0. The lowest BCUT2D eigenvalue weighted by molar-refractivity contribution is -0.145. The number of benzene rings is 1. The van der Waals surface area contributed by atoms with Gasteiger partial charge in [0.2, 0.25) is 5.88 Å². The van der Waals surface area contributed by atoms with Gasteiger partial charge in [-0.25, -0.2) is 4.98 Å². The third-order valence-corrected chi connectivity index (χ3v) is 6.07. The summed E-state index contributed by atoms with van der Waals surface area (Å²) in [5.74, 6) is 1.59. The fourth-order valence-electron chi connectivity index (χ4n) is 4.02. The largest absolute Gasteiger partial charge is 0.636 e. The Morgan fingerprint density at radius 3 is 2.45 bits per heavy atom. The van der Waals surface area contributed by atoms with Crippen molar-refractivity contribution in [1.82, 2.24) is 9.88 Å². The topological polar surface area (TPSA) is 96.4 Å². The lowest BCUT2D eigenvalue weighted by atomic mass is 9.78. The van der Waals surface area contributed by atoms with Crippen LogP contribution in [-0.4, -0.2) is 62.3 Å². The molecule has 0 N–H and O–H groups in total. The number of methoxy groups -OCH3 is 1. The maximum Gasteiger partial charge on any atom is 0.636 e. The molecule has 2 aliphatic rings. The Kier molecular flexibility index (Phi) is 8.86. The molecule has 1 aromatic carbocycles. The molecule has 1 aliphatic carbocycles. The van der Waals surface area contributed by atoms with Crippen molar-refractivity contribution >= 4 is 24.5 Å². The third kappa shape index (κ3) is 7.26. The lowest BCUT2D eigenvalue weighted by Gasteiger charge is -2.23. The minimum Gasteiger partial charge on any atom is -0.494 e. The minimum absolute atomic E-state index is 0.0193. The quantitative estimate of drug-likeness (QED) is 0.535. The summed E-state index contributed by atoms with van der Waals surface area (Å²) < 4.78 is 28.2. The number of allylic oxidation sites excluding steroid dienone is 3. The van der Waals surface area contributed by atoms with Gasteiger partial charge in [-0.15, -0.1) is 0 Å². The molecule has 2 heterocycles. The number of hydrogen-bond acceptors (Lipinski definition) is 9. The Morgan fingerprint density at radius 2 is 1.79 bits per heavy atom. The standard InChI is InChI=1S/C28H31BN2O7/c1-19-9-12-22(7-5-6-8-24(19)36-25-15-16-26(34-4)30-20(25)2)35-23-13-10-21(11-14-23)29-37-27(32)17-31(3)18-28(33)38-29/h5-6,8,10-11,13-16,22H,1,7,9,12,17-18H2,2-4H3/b6-5-,24-8+/t22-/m0/s1. The van der Waals surface area contributed by atoms with Gasteiger partial charge in [-0.3, -0.25) is 14.5 Å². The summed E-state index contributed by atoms with van der Waals surface area (Å²) in [4.78, 5) is 30.0. The van der Waals surface area contributed by atoms with Gasteiger partial charge in [-0.1, -0.05) is 30.9 Å². The molecule has 4 rings (SSSR count). The van der Waals surface area contributed by atoms with Crippen LogP contribution in [0, 0.1) is 6.92 Å². The SMILES string of the molecule is C=C1CC[C@@H](Oc2ccc(B3OC(=O)CN(C)CC(=O)O3)cc2)C/C=C\C=C/1Oc1ccc(OC)nc1C. The van der Waals surface area contributed by atoms with Gasteiger partial charge in [-0.05, 0) is 56.7 Å². The smallest absolute Gasteiger partial charge is 0.494 e. The van der Waals surface area contributed by atoms with Crippen LogP contribution >= 0.6 is 0 Å².